The van der Waals surface area contributed by atoms with Gasteiger partial charge in [0.05, 0.1) is 0 Å². The third-order valence-corrected chi connectivity index (χ3v) is 4.87. The molecule has 2 aromatic carbocycles. The lowest BCUT2D eigenvalue weighted by Crippen LogP contribution is -2.30. The Labute approximate surface area is 131 Å². The fraction of sp³-hybridized carbons (Fsp3) is 0.188. The van der Waals surface area contributed by atoms with Crippen LogP contribution in [0.5, 0.6) is 0 Å². The van der Waals surface area contributed by atoms with Gasteiger partial charge >= 0.3 is 0 Å². The van der Waals surface area contributed by atoms with Crippen LogP contribution in [0.15, 0.2) is 48.5 Å². The molecular formula is C16H13ClFNOS. The molecule has 1 amide bonds. The van der Waals surface area contributed by atoms with Gasteiger partial charge in [-0.2, -0.15) is 0 Å². The zero-order chi connectivity index (χ0) is 14.8. The van der Waals surface area contributed by atoms with Gasteiger partial charge in [0.25, 0.3) is 5.91 Å². The number of hydrogen-bond acceptors (Lipinski definition) is 2. The standard InChI is InChI=1S/C16H13ClFNOS/c17-13-3-1-2-12(10-13)16-19(8-9-21-16)15(20)11-4-6-14(18)7-5-11/h1-7,10,16H,8-9H2. The number of amides is 1. The van der Waals surface area contributed by atoms with Gasteiger partial charge in [0, 0.05) is 22.9 Å². The first-order valence-corrected chi connectivity index (χ1v) is 8.01. The van der Waals surface area contributed by atoms with Gasteiger partial charge in [-0.25, -0.2) is 4.39 Å². The number of rotatable bonds is 2. The summed E-state index contributed by atoms with van der Waals surface area (Å²) >= 11 is 7.74. The second-order valence-corrected chi connectivity index (χ2v) is 6.41. The van der Waals surface area contributed by atoms with Crippen LogP contribution in [0.25, 0.3) is 0 Å². The maximum Gasteiger partial charge on any atom is 0.255 e. The zero-order valence-corrected chi connectivity index (χ0v) is 12.7. The summed E-state index contributed by atoms with van der Waals surface area (Å²) in [6.07, 6.45) is 0. The molecule has 0 N–H and O–H groups in total. The molecule has 0 bridgehead atoms. The highest BCUT2D eigenvalue weighted by molar-refractivity contribution is 7.99. The van der Waals surface area contributed by atoms with E-state index in [1.807, 2.05) is 29.2 Å². The predicted octanol–water partition coefficient (Wildman–Crippen LogP) is 4.37. The maximum atomic E-state index is 13.0. The fourth-order valence-electron chi connectivity index (χ4n) is 2.37. The van der Waals surface area contributed by atoms with Crippen LogP contribution in [0.3, 0.4) is 0 Å². The Kier molecular flexibility index (Phi) is 4.17. The number of carbonyl (C=O) groups is 1. The Balaban J connectivity index is 1.87. The Morgan fingerprint density at radius 1 is 1.24 bits per heavy atom. The van der Waals surface area contributed by atoms with Crippen LogP contribution in [-0.2, 0) is 0 Å². The average molecular weight is 322 g/mol. The third-order valence-electron chi connectivity index (χ3n) is 3.38. The first-order chi connectivity index (χ1) is 10.1. The Bertz CT molecular complexity index is 662. The summed E-state index contributed by atoms with van der Waals surface area (Å²) in [5.74, 6) is 0.461. The minimum Gasteiger partial charge on any atom is -0.322 e. The molecule has 1 aliphatic heterocycles. The van der Waals surface area contributed by atoms with Crippen LogP contribution in [0.1, 0.15) is 21.3 Å². The topological polar surface area (TPSA) is 20.3 Å². The Morgan fingerprint density at radius 3 is 2.71 bits per heavy atom. The van der Waals surface area contributed by atoms with Crippen LogP contribution in [-0.4, -0.2) is 23.1 Å². The summed E-state index contributed by atoms with van der Waals surface area (Å²) < 4.78 is 13.0. The van der Waals surface area contributed by atoms with Crippen LogP contribution < -0.4 is 0 Å². The summed E-state index contributed by atoms with van der Waals surface area (Å²) in [6, 6.07) is 13.2. The van der Waals surface area contributed by atoms with Crippen molar-refractivity contribution in [2.75, 3.05) is 12.3 Å². The van der Waals surface area contributed by atoms with E-state index in [9.17, 15) is 9.18 Å². The number of halogens is 2. The SMILES string of the molecule is O=C(c1ccc(F)cc1)N1CCSC1c1cccc(Cl)c1. The third kappa shape index (κ3) is 3.06. The number of hydrogen-bond donors (Lipinski definition) is 0. The van der Waals surface area contributed by atoms with E-state index < -0.39 is 0 Å². The van der Waals surface area contributed by atoms with Crippen LogP contribution in [0.4, 0.5) is 4.39 Å². The fourth-order valence-corrected chi connectivity index (χ4v) is 3.82. The van der Waals surface area contributed by atoms with Crippen molar-refractivity contribution in [1.82, 2.24) is 4.90 Å². The van der Waals surface area contributed by atoms with Gasteiger partial charge in [-0.3, -0.25) is 4.79 Å². The molecular weight excluding hydrogens is 309 g/mol. The molecule has 1 heterocycles. The lowest BCUT2D eigenvalue weighted by Gasteiger charge is -2.24. The van der Waals surface area contributed by atoms with Gasteiger partial charge in [0.2, 0.25) is 0 Å². The minimum absolute atomic E-state index is 0.0405. The van der Waals surface area contributed by atoms with E-state index in [0.29, 0.717) is 17.1 Å². The molecule has 0 spiro atoms. The molecule has 3 rings (SSSR count). The molecule has 0 aliphatic carbocycles. The number of nitrogens with zero attached hydrogens (tertiary/aromatic N) is 1. The predicted molar refractivity (Wildman–Crippen MR) is 84.1 cm³/mol. The van der Waals surface area contributed by atoms with Crippen molar-refractivity contribution in [1.29, 1.82) is 0 Å². The van der Waals surface area contributed by atoms with Crippen molar-refractivity contribution in [2.45, 2.75) is 5.37 Å². The van der Waals surface area contributed by atoms with Crippen molar-refractivity contribution < 1.29 is 9.18 Å². The summed E-state index contributed by atoms with van der Waals surface area (Å²) in [7, 11) is 0. The largest absolute Gasteiger partial charge is 0.322 e. The van der Waals surface area contributed by atoms with Crippen molar-refractivity contribution in [2.24, 2.45) is 0 Å². The van der Waals surface area contributed by atoms with E-state index in [2.05, 4.69) is 0 Å². The Morgan fingerprint density at radius 2 is 2.00 bits per heavy atom. The van der Waals surface area contributed by atoms with Crippen molar-refractivity contribution in [3.63, 3.8) is 0 Å². The molecule has 1 atom stereocenters. The smallest absolute Gasteiger partial charge is 0.255 e. The molecule has 2 aromatic rings. The maximum absolute atomic E-state index is 13.0. The Hall–Kier alpha value is -1.52. The molecule has 0 saturated carbocycles. The van der Waals surface area contributed by atoms with Gasteiger partial charge in [0.1, 0.15) is 11.2 Å². The molecule has 1 unspecified atom stereocenters. The van der Waals surface area contributed by atoms with E-state index in [1.54, 1.807) is 11.8 Å². The van der Waals surface area contributed by atoms with Crippen molar-refractivity contribution in [3.05, 3.63) is 70.5 Å². The van der Waals surface area contributed by atoms with Crippen molar-refractivity contribution >= 4 is 29.3 Å². The highest BCUT2D eigenvalue weighted by atomic mass is 35.5. The first-order valence-electron chi connectivity index (χ1n) is 6.59. The van der Waals surface area contributed by atoms with Crippen LogP contribution >= 0.6 is 23.4 Å². The molecule has 0 radical (unpaired) electrons. The van der Waals surface area contributed by atoms with Gasteiger partial charge in [-0.05, 0) is 42.0 Å². The molecule has 1 aliphatic rings. The zero-order valence-electron chi connectivity index (χ0n) is 11.1. The van der Waals surface area contributed by atoms with E-state index in [4.69, 9.17) is 11.6 Å². The lowest BCUT2D eigenvalue weighted by molar-refractivity contribution is 0.0760. The quantitative estimate of drug-likeness (QED) is 0.818. The molecule has 5 heteroatoms. The second kappa shape index (κ2) is 6.08. The summed E-state index contributed by atoms with van der Waals surface area (Å²) in [4.78, 5) is 14.4. The van der Waals surface area contributed by atoms with Crippen LogP contribution in [0.2, 0.25) is 5.02 Å². The molecule has 2 nitrogen and oxygen atoms in total. The summed E-state index contributed by atoms with van der Waals surface area (Å²) in [5, 5.41) is 0.621. The van der Waals surface area contributed by atoms with Gasteiger partial charge < -0.3 is 4.90 Å². The van der Waals surface area contributed by atoms with E-state index >= 15 is 0 Å². The number of thioether (sulfide) groups is 1. The first kappa shape index (κ1) is 14.4. The van der Waals surface area contributed by atoms with E-state index in [1.165, 1.54) is 24.3 Å². The molecule has 0 aromatic heterocycles. The average Bonchev–Trinajstić information content (AvgIpc) is 2.97. The van der Waals surface area contributed by atoms with Crippen LogP contribution in [0, 0.1) is 5.82 Å². The number of benzene rings is 2. The normalized spacial score (nSPS) is 18.0. The summed E-state index contributed by atoms with van der Waals surface area (Å²) in [6.45, 7) is 0.679. The molecule has 108 valence electrons. The monoisotopic (exact) mass is 321 g/mol. The highest BCUT2D eigenvalue weighted by Gasteiger charge is 2.31. The van der Waals surface area contributed by atoms with E-state index in [0.717, 1.165) is 11.3 Å². The second-order valence-electron chi connectivity index (χ2n) is 4.78. The minimum atomic E-state index is -0.339. The van der Waals surface area contributed by atoms with Gasteiger partial charge in [-0.1, -0.05) is 23.7 Å². The van der Waals surface area contributed by atoms with Gasteiger partial charge in [-0.15, -0.1) is 11.8 Å². The lowest BCUT2D eigenvalue weighted by atomic mass is 10.1. The molecule has 1 saturated heterocycles. The van der Waals surface area contributed by atoms with E-state index in [-0.39, 0.29) is 17.1 Å². The highest BCUT2D eigenvalue weighted by Crippen LogP contribution is 2.39. The summed E-state index contributed by atoms with van der Waals surface area (Å²) in [5.41, 5.74) is 1.52. The van der Waals surface area contributed by atoms with Crippen molar-refractivity contribution in [3.8, 4) is 0 Å². The molecule has 21 heavy (non-hydrogen) atoms. The number of carbonyl (C=O) groups excluding carboxylic acids is 1. The molecule has 1 fully saturated rings. The van der Waals surface area contributed by atoms with Gasteiger partial charge in [0.15, 0.2) is 0 Å².